The van der Waals surface area contributed by atoms with Crippen molar-refractivity contribution in [3.8, 4) is 0 Å². The van der Waals surface area contributed by atoms with E-state index in [2.05, 4.69) is 25.7 Å². The van der Waals surface area contributed by atoms with Gasteiger partial charge < -0.3 is 9.80 Å². The third kappa shape index (κ3) is 5.35. The van der Waals surface area contributed by atoms with E-state index in [1.165, 1.54) is 30.6 Å². The Kier molecular flexibility index (Phi) is 6.87. The molecule has 0 saturated carbocycles. The average molecular weight is 499 g/mol. The number of hydrogen-bond donors (Lipinski definition) is 2. The van der Waals surface area contributed by atoms with Crippen LogP contribution in [0, 0.1) is 20.2 Å². The minimum atomic E-state index is -0.649. The van der Waals surface area contributed by atoms with Gasteiger partial charge in [0.1, 0.15) is 6.33 Å². The van der Waals surface area contributed by atoms with Gasteiger partial charge in [0, 0.05) is 54.6 Å². The fourth-order valence-electron chi connectivity index (χ4n) is 3.63. The Morgan fingerprint density at radius 3 is 2.26 bits per heavy atom. The van der Waals surface area contributed by atoms with Crippen molar-refractivity contribution in [1.82, 2.24) is 15.4 Å². The fraction of sp³-hybridized carbons (Fsp3) is 0.190. The van der Waals surface area contributed by atoms with Crippen LogP contribution >= 0.6 is 11.6 Å². The molecule has 1 aromatic heterocycles. The Morgan fingerprint density at radius 1 is 0.943 bits per heavy atom. The average Bonchev–Trinajstić information content (AvgIpc) is 2.87. The molecule has 1 aliphatic rings. The highest BCUT2D eigenvalue weighted by Gasteiger charge is 2.29. The minimum Gasteiger partial charge on any atom is -0.368 e. The molecule has 1 amide bonds. The molecule has 2 N–H and O–H groups in total. The van der Waals surface area contributed by atoms with Gasteiger partial charge in [0.15, 0.2) is 0 Å². The number of nitrogens with one attached hydrogen (secondary N) is 2. The zero-order valence-corrected chi connectivity index (χ0v) is 18.9. The first-order chi connectivity index (χ1) is 16.8. The van der Waals surface area contributed by atoms with Crippen LogP contribution in [0.5, 0.6) is 0 Å². The van der Waals surface area contributed by atoms with Gasteiger partial charge in [-0.2, -0.15) is 0 Å². The van der Waals surface area contributed by atoms with Crippen LogP contribution in [0.3, 0.4) is 0 Å². The summed E-state index contributed by atoms with van der Waals surface area (Å²) >= 11 is 6.08. The lowest BCUT2D eigenvalue weighted by atomic mass is 10.2. The highest BCUT2D eigenvalue weighted by Crippen LogP contribution is 2.32. The molecular formula is C21H19ClN8O5. The monoisotopic (exact) mass is 498 g/mol. The molecule has 35 heavy (non-hydrogen) atoms. The molecule has 1 aliphatic heterocycles. The summed E-state index contributed by atoms with van der Waals surface area (Å²) in [6.07, 6.45) is 1.17. The predicted octanol–water partition coefficient (Wildman–Crippen LogP) is 3.03. The number of rotatable bonds is 7. The third-order valence-electron chi connectivity index (χ3n) is 5.37. The number of amides is 1. The van der Waals surface area contributed by atoms with Gasteiger partial charge in [0.2, 0.25) is 11.6 Å². The van der Waals surface area contributed by atoms with Crippen LogP contribution in [0.2, 0.25) is 5.02 Å². The van der Waals surface area contributed by atoms with E-state index < -0.39 is 15.8 Å². The van der Waals surface area contributed by atoms with Crippen molar-refractivity contribution in [2.75, 3.05) is 41.4 Å². The number of hydrazine groups is 1. The molecule has 1 saturated heterocycles. The molecule has 0 spiro atoms. The molecule has 2 aromatic carbocycles. The number of anilines is 3. The molecule has 1 fully saturated rings. The SMILES string of the molecule is O=C(NNc1ncnc(N2CCN(c3cccc(Cl)c3)CC2)c1[N+](=O)[O-])c1ccc([N+](=O)[O-])cc1. The van der Waals surface area contributed by atoms with Crippen molar-refractivity contribution in [3.63, 3.8) is 0 Å². The molecule has 0 atom stereocenters. The Bertz CT molecular complexity index is 1260. The number of carbonyl (C=O) groups excluding carboxylic acids is 1. The zero-order valence-electron chi connectivity index (χ0n) is 18.1. The molecule has 180 valence electrons. The predicted molar refractivity (Wildman–Crippen MR) is 129 cm³/mol. The van der Waals surface area contributed by atoms with Crippen LogP contribution in [-0.4, -0.2) is 51.9 Å². The molecule has 14 heteroatoms. The van der Waals surface area contributed by atoms with Gasteiger partial charge in [0.05, 0.1) is 9.85 Å². The molecule has 0 aliphatic carbocycles. The summed E-state index contributed by atoms with van der Waals surface area (Å²) < 4.78 is 0. The number of nitro benzene ring substituents is 1. The zero-order chi connectivity index (χ0) is 24.9. The van der Waals surface area contributed by atoms with Crippen molar-refractivity contribution < 1.29 is 14.6 Å². The summed E-state index contributed by atoms with van der Waals surface area (Å²) in [4.78, 5) is 45.8. The van der Waals surface area contributed by atoms with E-state index in [0.29, 0.717) is 31.2 Å². The van der Waals surface area contributed by atoms with Crippen LogP contribution < -0.4 is 20.7 Å². The van der Waals surface area contributed by atoms with Gasteiger partial charge >= 0.3 is 5.69 Å². The van der Waals surface area contributed by atoms with Gasteiger partial charge in [0.25, 0.3) is 11.6 Å². The van der Waals surface area contributed by atoms with Crippen LogP contribution in [0.4, 0.5) is 28.7 Å². The number of carbonyl (C=O) groups is 1. The topological polar surface area (TPSA) is 160 Å². The molecule has 4 rings (SSSR count). The van der Waals surface area contributed by atoms with E-state index in [1.807, 2.05) is 18.2 Å². The Balaban J connectivity index is 1.46. The highest BCUT2D eigenvalue weighted by molar-refractivity contribution is 6.30. The number of hydrogen-bond acceptors (Lipinski definition) is 10. The van der Waals surface area contributed by atoms with Crippen molar-refractivity contribution >= 4 is 46.2 Å². The second-order valence-electron chi connectivity index (χ2n) is 7.49. The fourth-order valence-corrected chi connectivity index (χ4v) is 3.82. The minimum absolute atomic E-state index is 0.122. The Hall–Kier alpha value is -4.52. The molecule has 3 aromatic rings. The maximum absolute atomic E-state index is 12.4. The lowest BCUT2D eigenvalue weighted by molar-refractivity contribution is -0.384. The highest BCUT2D eigenvalue weighted by atomic mass is 35.5. The van der Waals surface area contributed by atoms with Gasteiger partial charge in [-0.1, -0.05) is 17.7 Å². The summed E-state index contributed by atoms with van der Waals surface area (Å²) in [7, 11) is 0. The molecule has 0 radical (unpaired) electrons. The smallest absolute Gasteiger partial charge is 0.355 e. The molecule has 0 unspecified atom stereocenters. The van der Waals surface area contributed by atoms with Gasteiger partial charge in [-0.3, -0.25) is 35.9 Å². The molecule has 0 bridgehead atoms. The van der Waals surface area contributed by atoms with Crippen LogP contribution in [0.1, 0.15) is 10.4 Å². The summed E-state index contributed by atoms with van der Waals surface area (Å²) in [5, 5.41) is 23.3. The Morgan fingerprint density at radius 2 is 1.63 bits per heavy atom. The maximum atomic E-state index is 12.4. The first kappa shape index (κ1) is 23.6. The second-order valence-corrected chi connectivity index (χ2v) is 7.93. The van der Waals surface area contributed by atoms with E-state index in [-0.39, 0.29) is 28.6 Å². The quantitative estimate of drug-likeness (QED) is 0.366. The number of nitro groups is 2. The number of nitrogens with zero attached hydrogens (tertiary/aromatic N) is 6. The summed E-state index contributed by atoms with van der Waals surface area (Å²) in [6, 6.07) is 12.4. The van der Waals surface area contributed by atoms with Gasteiger partial charge in [-0.25, -0.2) is 9.97 Å². The molecule has 13 nitrogen and oxygen atoms in total. The first-order valence-corrected chi connectivity index (χ1v) is 10.8. The number of piperazine rings is 1. The van der Waals surface area contributed by atoms with E-state index in [0.717, 1.165) is 5.69 Å². The van der Waals surface area contributed by atoms with E-state index in [1.54, 1.807) is 11.0 Å². The lowest BCUT2D eigenvalue weighted by Crippen LogP contribution is -2.47. The van der Waals surface area contributed by atoms with E-state index in [9.17, 15) is 25.0 Å². The van der Waals surface area contributed by atoms with E-state index >= 15 is 0 Å². The number of halogens is 1. The first-order valence-electron chi connectivity index (χ1n) is 10.4. The largest absolute Gasteiger partial charge is 0.368 e. The van der Waals surface area contributed by atoms with Crippen molar-refractivity contribution in [2.24, 2.45) is 0 Å². The summed E-state index contributed by atoms with van der Waals surface area (Å²) in [5.41, 5.74) is 5.34. The number of non-ortho nitro benzene ring substituents is 1. The second kappa shape index (κ2) is 10.2. The maximum Gasteiger partial charge on any atom is 0.355 e. The van der Waals surface area contributed by atoms with Crippen molar-refractivity contribution in [1.29, 1.82) is 0 Å². The van der Waals surface area contributed by atoms with Crippen LogP contribution in [0.25, 0.3) is 0 Å². The van der Waals surface area contributed by atoms with Crippen LogP contribution in [0.15, 0.2) is 54.9 Å². The van der Waals surface area contributed by atoms with Gasteiger partial charge in [-0.05, 0) is 30.3 Å². The normalized spacial score (nSPS) is 13.3. The van der Waals surface area contributed by atoms with Crippen molar-refractivity contribution in [2.45, 2.75) is 0 Å². The standard InChI is InChI=1S/C21H19ClN8O5/c22-15-2-1-3-17(12-15)27-8-10-28(11-9-27)20-18(30(34)35)19(23-13-24-20)25-26-21(31)14-4-6-16(7-5-14)29(32)33/h1-7,12-13H,8-11H2,(H,26,31)(H,23,24,25). The number of benzene rings is 2. The molecule has 2 heterocycles. The van der Waals surface area contributed by atoms with E-state index in [4.69, 9.17) is 11.6 Å². The molecular weight excluding hydrogens is 480 g/mol. The lowest BCUT2D eigenvalue weighted by Gasteiger charge is -2.36. The van der Waals surface area contributed by atoms with Gasteiger partial charge in [-0.15, -0.1) is 0 Å². The summed E-state index contributed by atoms with van der Waals surface area (Å²) in [6.45, 7) is 2.14. The summed E-state index contributed by atoms with van der Waals surface area (Å²) in [5.74, 6) is -0.708. The van der Waals surface area contributed by atoms with Crippen molar-refractivity contribution in [3.05, 3.63) is 85.7 Å². The Labute approximate surface area is 203 Å². The number of aromatic nitrogens is 2. The van der Waals surface area contributed by atoms with Crippen LogP contribution in [-0.2, 0) is 0 Å². The third-order valence-corrected chi connectivity index (χ3v) is 5.61.